The van der Waals surface area contributed by atoms with E-state index in [0.29, 0.717) is 0 Å². The average Bonchev–Trinajstić information content (AvgIpc) is 2.65. The van der Waals surface area contributed by atoms with E-state index in [1.165, 1.54) is 16.7 Å². The van der Waals surface area contributed by atoms with Crippen molar-refractivity contribution in [2.45, 2.75) is 20.0 Å². The van der Waals surface area contributed by atoms with Crippen molar-refractivity contribution >= 4 is 0 Å². The fraction of sp³-hybridized carbons (Fsp3) is 0.308. The van der Waals surface area contributed by atoms with Gasteiger partial charge in [0, 0.05) is 12.7 Å². The monoisotopic (exact) mass is 215 g/mol. The number of hydrogen-bond donors (Lipinski definition) is 1. The largest absolute Gasteiger partial charge is 0.316 e. The molecule has 0 unspecified atom stereocenters. The minimum atomic E-state index is 0.839. The molecule has 84 valence electrons. The normalized spacial score (nSPS) is 10.6. The summed E-state index contributed by atoms with van der Waals surface area (Å²) in [5.74, 6) is 0. The minimum absolute atomic E-state index is 0.839. The molecule has 0 aliphatic heterocycles. The van der Waals surface area contributed by atoms with Gasteiger partial charge in [-0.1, -0.05) is 24.3 Å². The Morgan fingerprint density at radius 1 is 1.31 bits per heavy atom. The van der Waals surface area contributed by atoms with Gasteiger partial charge < -0.3 is 5.32 Å². The molecule has 3 heteroatoms. The second-order valence-electron chi connectivity index (χ2n) is 4.07. The lowest BCUT2D eigenvalue weighted by atomic mass is 10.1. The zero-order valence-corrected chi connectivity index (χ0v) is 9.77. The molecule has 0 aliphatic carbocycles. The number of benzene rings is 1. The topological polar surface area (TPSA) is 29.9 Å². The average molecular weight is 215 g/mol. The maximum atomic E-state index is 4.29. The highest BCUT2D eigenvalue weighted by atomic mass is 15.3. The van der Waals surface area contributed by atoms with Crippen molar-refractivity contribution < 1.29 is 0 Å². The summed E-state index contributed by atoms with van der Waals surface area (Å²) >= 11 is 0. The molecular formula is C13H17N3. The Bertz CT molecular complexity index is 460. The van der Waals surface area contributed by atoms with Crippen molar-refractivity contribution in [2.75, 3.05) is 7.05 Å². The van der Waals surface area contributed by atoms with Gasteiger partial charge in [0.05, 0.1) is 12.7 Å². The quantitative estimate of drug-likeness (QED) is 0.845. The summed E-state index contributed by atoms with van der Waals surface area (Å²) in [7, 11) is 1.96. The van der Waals surface area contributed by atoms with Crippen molar-refractivity contribution in [3.8, 4) is 0 Å². The van der Waals surface area contributed by atoms with E-state index in [2.05, 4.69) is 47.8 Å². The Kier molecular flexibility index (Phi) is 3.37. The zero-order chi connectivity index (χ0) is 11.4. The molecule has 0 bridgehead atoms. The highest BCUT2D eigenvalue weighted by Gasteiger charge is 1.98. The lowest BCUT2D eigenvalue weighted by molar-refractivity contribution is 0.685. The fourth-order valence-corrected chi connectivity index (χ4v) is 1.78. The van der Waals surface area contributed by atoms with Crippen LogP contribution in [0.2, 0.25) is 0 Å². The predicted molar refractivity (Wildman–Crippen MR) is 65.3 cm³/mol. The summed E-state index contributed by atoms with van der Waals surface area (Å²) in [5, 5.41) is 7.44. The third-order valence-corrected chi connectivity index (χ3v) is 2.48. The second-order valence-corrected chi connectivity index (χ2v) is 4.07. The molecule has 1 N–H and O–H groups in total. The molecule has 0 saturated carbocycles. The number of aryl methyl sites for hydroxylation is 1. The first-order valence-electron chi connectivity index (χ1n) is 5.49. The van der Waals surface area contributed by atoms with E-state index in [1.54, 1.807) is 0 Å². The number of nitrogens with one attached hydrogen (secondary N) is 1. The third kappa shape index (κ3) is 2.70. The SMILES string of the molecule is CNCc1cccc(Cn2cc(C)cn2)c1. The van der Waals surface area contributed by atoms with Gasteiger partial charge >= 0.3 is 0 Å². The number of rotatable bonds is 4. The predicted octanol–water partition coefficient (Wildman–Crippen LogP) is 1.96. The molecule has 0 amide bonds. The molecule has 1 heterocycles. The van der Waals surface area contributed by atoms with Crippen molar-refractivity contribution in [2.24, 2.45) is 0 Å². The lowest BCUT2D eigenvalue weighted by Gasteiger charge is -2.05. The van der Waals surface area contributed by atoms with Crippen LogP contribution in [0.15, 0.2) is 36.7 Å². The van der Waals surface area contributed by atoms with E-state index < -0.39 is 0 Å². The first kappa shape index (κ1) is 10.9. The molecule has 1 aromatic heterocycles. The molecule has 2 rings (SSSR count). The van der Waals surface area contributed by atoms with Gasteiger partial charge in [-0.3, -0.25) is 4.68 Å². The summed E-state index contributed by atoms with van der Waals surface area (Å²) in [6, 6.07) is 8.58. The zero-order valence-electron chi connectivity index (χ0n) is 9.77. The standard InChI is InChI=1S/C13H17N3/c1-11-7-15-16(9-11)10-13-5-3-4-12(6-13)8-14-2/h3-7,9,14H,8,10H2,1-2H3. The van der Waals surface area contributed by atoms with Gasteiger partial charge in [0.25, 0.3) is 0 Å². The van der Waals surface area contributed by atoms with Crippen LogP contribution in [-0.2, 0) is 13.1 Å². The summed E-state index contributed by atoms with van der Waals surface area (Å²) in [5.41, 5.74) is 3.80. The minimum Gasteiger partial charge on any atom is -0.316 e. The van der Waals surface area contributed by atoms with E-state index in [4.69, 9.17) is 0 Å². The van der Waals surface area contributed by atoms with Crippen LogP contribution in [0.1, 0.15) is 16.7 Å². The van der Waals surface area contributed by atoms with Crippen molar-refractivity contribution in [3.63, 3.8) is 0 Å². The molecule has 0 fully saturated rings. The van der Waals surface area contributed by atoms with Gasteiger partial charge in [-0.15, -0.1) is 0 Å². The van der Waals surface area contributed by atoms with E-state index in [0.717, 1.165) is 13.1 Å². The fourth-order valence-electron chi connectivity index (χ4n) is 1.78. The molecule has 1 aromatic carbocycles. The van der Waals surface area contributed by atoms with E-state index >= 15 is 0 Å². The van der Waals surface area contributed by atoms with Crippen LogP contribution in [-0.4, -0.2) is 16.8 Å². The van der Waals surface area contributed by atoms with Crippen molar-refractivity contribution in [1.82, 2.24) is 15.1 Å². The smallest absolute Gasteiger partial charge is 0.0659 e. The number of nitrogens with zero attached hydrogens (tertiary/aromatic N) is 2. The maximum Gasteiger partial charge on any atom is 0.0659 e. The first-order chi connectivity index (χ1) is 7.78. The summed E-state index contributed by atoms with van der Waals surface area (Å²) in [6.07, 6.45) is 3.95. The van der Waals surface area contributed by atoms with Gasteiger partial charge in [-0.05, 0) is 30.7 Å². The molecule has 0 radical (unpaired) electrons. The van der Waals surface area contributed by atoms with Gasteiger partial charge in [0.15, 0.2) is 0 Å². The lowest BCUT2D eigenvalue weighted by Crippen LogP contribution is -2.06. The first-order valence-corrected chi connectivity index (χ1v) is 5.49. The second kappa shape index (κ2) is 4.94. The summed E-state index contributed by atoms with van der Waals surface area (Å²) in [6.45, 7) is 3.80. The van der Waals surface area contributed by atoms with Crippen LogP contribution < -0.4 is 5.32 Å². The molecule has 0 saturated heterocycles. The number of aromatic nitrogens is 2. The van der Waals surface area contributed by atoms with E-state index in [1.807, 2.05) is 17.9 Å². The van der Waals surface area contributed by atoms with Crippen LogP contribution in [0, 0.1) is 6.92 Å². The van der Waals surface area contributed by atoms with Gasteiger partial charge in [-0.25, -0.2) is 0 Å². The summed E-state index contributed by atoms with van der Waals surface area (Å²) in [4.78, 5) is 0. The molecule has 3 nitrogen and oxygen atoms in total. The van der Waals surface area contributed by atoms with Crippen molar-refractivity contribution in [1.29, 1.82) is 0 Å². The Morgan fingerprint density at radius 2 is 2.12 bits per heavy atom. The third-order valence-electron chi connectivity index (χ3n) is 2.48. The molecule has 0 atom stereocenters. The van der Waals surface area contributed by atoms with Crippen LogP contribution in [0.3, 0.4) is 0 Å². The van der Waals surface area contributed by atoms with Gasteiger partial charge in [0.1, 0.15) is 0 Å². The van der Waals surface area contributed by atoms with E-state index in [9.17, 15) is 0 Å². The Hall–Kier alpha value is -1.61. The Morgan fingerprint density at radius 3 is 2.81 bits per heavy atom. The molecule has 0 aliphatic rings. The molecule has 16 heavy (non-hydrogen) atoms. The summed E-state index contributed by atoms with van der Waals surface area (Å²) < 4.78 is 1.97. The molecule has 2 aromatic rings. The van der Waals surface area contributed by atoms with Crippen LogP contribution in [0.4, 0.5) is 0 Å². The van der Waals surface area contributed by atoms with Crippen LogP contribution in [0.5, 0.6) is 0 Å². The number of hydrogen-bond acceptors (Lipinski definition) is 2. The molecule has 0 spiro atoms. The van der Waals surface area contributed by atoms with Crippen LogP contribution in [0.25, 0.3) is 0 Å². The Labute approximate surface area is 96.1 Å². The van der Waals surface area contributed by atoms with Gasteiger partial charge in [-0.2, -0.15) is 5.10 Å². The van der Waals surface area contributed by atoms with Crippen molar-refractivity contribution in [3.05, 3.63) is 53.3 Å². The maximum absolute atomic E-state index is 4.29. The van der Waals surface area contributed by atoms with Gasteiger partial charge in [0.2, 0.25) is 0 Å². The highest BCUT2D eigenvalue weighted by Crippen LogP contribution is 2.07. The van der Waals surface area contributed by atoms with Crippen LogP contribution >= 0.6 is 0 Å². The highest BCUT2D eigenvalue weighted by molar-refractivity contribution is 5.23. The van der Waals surface area contributed by atoms with E-state index in [-0.39, 0.29) is 0 Å². The Balaban J connectivity index is 2.12. The molecular weight excluding hydrogens is 198 g/mol.